The van der Waals surface area contributed by atoms with Crippen molar-refractivity contribution in [2.24, 2.45) is 4.99 Å². The Hall–Kier alpha value is -2.29. The molecule has 1 heterocycles. The molecule has 1 aliphatic heterocycles. The quantitative estimate of drug-likeness (QED) is 0.348. The van der Waals surface area contributed by atoms with Gasteiger partial charge in [-0.05, 0) is 55.2 Å². The van der Waals surface area contributed by atoms with Crippen LogP contribution in [0, 0.1) is 13.8 Å². The number of carbonyl (C=O) groups is 1. The average molecular weight is 535 g/mol. The van der Waals surface area contributed by atoms with Crippen molar-refractivity contribution in [3.63, 3.8) is 0 Å². The highest BCUT2D eigenvalue weighted by Gasteiger charge is 2.20. The van der Waals surface area contributed by atoms with Crippen LogP contribution in [-0.2, 0) is 11.2 Å². The molecule has 1 saturated heterocycles. The molecule has 1 aliphatic rings. The first-order valence-electron chi connectivity index (χ1n) is 10.6. The number of nitrogens with one attached hydrogen (secondary N) is 2. The second kappa shape index (κ2) is 11.9. The Morgan fingerprint density at radius 2 is 1.71 bits per heavy atom. The van der Waals surface area contributed by atoms with Crippen LogP contribution in [0.5, 0.6) is 0 Å². The van der Waals surface area contributed by atoms with Crippen LogP contribution in [-0.4, -0.2) is 56.5 Å². The number of aryl methyl sites for hydroxylation is 1. The van der Waals surface area contributed by atoms with Crippen molar-refractivity contribution in [3.8, 4) is 0 Å². The topological polar surface area (TPSA) is 60.0 Å². The molecule has 168 valence electrons. The second-order valence-electron chi connectivity index (χ2n) is 7.80. The van der Waals surface area contributed by atoms with E-state index < -0.39 is 0 Å². The van der Waals surface area contributed by atoms with Crippen LogP contribution >= 0.6 is 24.0 Å². The molecule has 0 atom stereocenters. The fourth-order valence-corrected chi connectivity index (χ4v) is 3.85. The van der Waals surface area contributed by atoms with Crippen LogP contribution in [0.4, 0.5) is 11.4 Å². The van der Waals surface area contributed by atoms with Gasteiger partial charge in [0, 0.05) is 58.1 Å². The van der Waals surface area contributed by atoms with E-state index in [2.05, 4.69) is 69.6 Å². The Bertz CT molecular complexity index is 889. The lowest BCUT2D eigenvalue weighted by atomic mass is 10.1. The third-order valence-electron chi connectivity index (χ3n) is 5.68. The average Bonchev–Trinajstić information content (AvgIpc) is 2.74. The van der Waals surface area contributed by atoms with Crippen molar-refractivity contribution in [2.45, 2.75) is 27.2 Å². The fourth-order valence-electron chi connectivity index (χ4n) is 3.85. The van der Waals surface area contributed by atoms with Gasteiger partial charge in [-0.2, -0.15) is 0 Å². The van der Waals surface area contributed by atoms with Gasteiger partial charge in [0.15, 0.2) is 5.96 Å². The molecule has 2 aromatic carbocycles. The highest BCUT2D eigenvalue weighted by atomic mass is 127. The summed E-state index contributed by atoms with van der Waals surface area (Å²) in [4.78, 5) is 20.4. The molecule has 0 bridgehead atoms. The molecule has 7 heteroatoms. The zero-order chi connectivity index (χ0) is 21.5. The summed E-state index contributed by atoms with van der Waals surface area (Å²) in [7, 11) is 1.85. The molecule has 2 N–H and O–H groups in total. The number of guanidine groups is 1. The number of rotatable bonds is 5. The molecule has 3 rings (SSSR count). The zero-order valence-electron chi connectivity index (χ0n) is 18.9. The molecule has 6 nitrogen and oxygen atoms in total. The smallest absolute Gasteiger partial charge is 0.221 e. The van der Waals surface area contributed by atoms with Crippen LogP contribution in [0.25, 0.3) is 0 Å². The van der Waals surface area contributed by atoms with E-state index in [0.717, 1.165) is 50.8 Å². The lowest BCUT2D eigenvalue weighted by Gasteiger charge is -2.38. The summed E-state index contributed by atoms with van der Waals surface area (Å²) in [5, 5.41) is 6.29. The summed E-state index contributed by atoms with van der Waals surface area (Å²) in [5.41, 5.74) is 6.12. The fraction of sp³-hybridized carbons (Fsp3) is 0.417. The molecule has 2 aromatic rings. The predicted molar refractivity (Wildman–Crippen MR) is 141 cm³/mol. The number of hydrogen-bond donors (Lipinski definition) is 2. The van der Waals surface area contributed by atoms with Crippen molar-refractivity contribution in [2.75, 3.05) is 50.0 Å². The minimum absolute atomic E-state index is 0. The summed E-state index contributed by atoms with van der Waals surface area (Å²) < 4.78 is 0. The first-order valence-corrected chi connectivity index (χ1v) is 10.6. The van der Waals surface area contributed by atoms with E-state index in [-0.39, 0.29) is 29.9 Å². The largest absolute Gasteiger partial charge is 0.368 e. The molecule has 1 amide bonds. The number of nitrogens with zero attached hydrogens (tertiary/aromatic N) is 3. The predicted octanol–water partition coefficient (Wildman–Crippen LogP) is 3.82. The van der Waals surface area contributed by atoms with Crippen molar-refractivity contribution in [1.82, 2.24) is 10.2 Å². The maximum atomic E-state index is 11.1. The number of hydrogen-bond acceptors (Lipinski definition) is 3. The van der Waals surface area contributed by atoms with Crippen LogP contribution in [0.1, 0.15) is 23.6 Å². The third-order valence-corrected chi connectivity index (χ3v) is 5.68. The number of amides is 1. The minimum Gasteiger partial charge on any atom is -0.368 e. The molecular formula is C24H34IN5O. The van der Waals surface area contributed by atoms with E-state index in [0.29, 0.717) is 0 Å². The Morgan fingerprint density at radius 1 is 1.03 bits per heavy atom. The molecule has 0 unspecified atom stereocenters. The van der Waals surface area contributed by atoms with Crippen molar-refractivity contribution in [3.05, 3.63) is 59.2 Å². The summed E-state index contributed by atoms with van der Waals surface area (Å²) in [5.74, 6) is 0.913. The van der Waals surface area contributed by atoms with Gasteiger partial charge in [0.2, 0.25) is 5.91 Å². The minimum atomic E-state index is -0.0501. The van der Waals surface area contributed by atoms with E-state index in [4.69, 9.17) is 0 Å². The lowest BCUT2D eigenvalue weighted by molar-refractivity contribution is -0.114. The Morgan fingerprint density at radius 3 is 2.32 bits per heavy atom. The van der Waals surface area contributed by atoms with Gasteiger partial charge in [-0.3, -0.25) is 9.79 Å². The molecular weight excluding hydrogens is 501 g/mol. The summed E-state index contributed by atoms with van der Waals surface area (Å²) in [6, 6.07) is 14.5. The van der Waals surface area contributed by atoms with Gasteiger partial charge in [0.05, 0.1) is 0 Å². The van der Waals surface area contributed by atoms with E-state index in [1.807, 2.05) is 19.2 Å². The lowest BCUT2D eigenvalue weighted by Crippen LogP contribution is -2.53. The number of piperazine rings is 1. The molecule has 0 radical (unpaired) electrons. The maximum Gasteiger partial charge on any atom is 0.221 e. The van der Waals surface area contributed by atoms with Gasteiger partial charge in [-0.25, -0.2) is 0 Å². The van der Waals surface area contributed by atoms with Crippen molar-refractivity contribution >= 4 is 47.2 Å². The molecule has 1 fully saturated rings. The van der Waals surface area contributed by atoms with E-state index in [9.17, 15) is 4.79 Å². The second-order valence-corrected chi connectivity index (χ2v) is 7.80. The van der Waals surface area contributed by atoms with Crippen LogP contribution in [0.2, 0.25) is 0 Å². The van der Waals surface area contributed by atoms with Gasteiger partial charge in [-0.1, -0.05) is 24.3 Å². The van der Waals surface area contributed by atoms with Crippen LogP contribution < -0.4 is 15.5 Å². The number of halogens is 1. The van der Waals surface area contributed by atoms with E-state index in [1.54, 1.807) is 0 Å². The Balaban J connectivity index is 0.00000341. The summed E-state index contributed by atoms with van der Waals surface area (Å²) in [6.07, 6.45) is 0.905. The highest BCUT2D eigenvalue weighted by molar-refractivity contribution is 14.0. The first-order chi connectivity index (χ1) is 14.5. The number of carbonyl (C=O) groups excluding carboxylic acids is 1. The third kappa shape index (κ3) is 6.85. The van der Waals surface area contributed by atoms with Gasteiger partial charge in [0.1, 0.15) is 0 Å². The Labute approximate surface area is 203 Å². The monoisotopic (exact) mass is 535 g/mol. The zero-order valence-corrected chi connectivity index (χ0v) is 21.3. The maximum absolute atomic E-state index is 11.1. The Kier molecular flexibility index (Phi) is 9.61. The molecule has 0 saturated carbocycles. The van der Waals surface area contributed by atoms with Gasteiger partial charge >= 0.3 is 0 Å². The van der Waals surface area contributed by atoms with Gasteiger partial charge in [0.25, 0.3) is 0 Å². The van der Waals surface area contributed by atoms with Crippen molar-refractivity contribution < 1.29 is 4.79 Å². The summed E-state index contributed by atoms with van der Waals surface area (Å²) in [6.45, 7) is 10.6. The molecule has 0 aliphatic carbocycles. The van der Waals surface area contributed by atoms with Crippen LogP contribution in [0.3, 0.4) is 0 Å². The summed E-state index contributed by atoms with van der Waals surface area (Å²) >= 11 is 0. The van der Waals surface area contributed by atoms with Crippen molar-refractivity contribution in [1.29, 1.82) is 0 Å². The molecule has 31 heavy (non-hydrogen) atoms. The molecule has 0 aromatic heterocycles. The normalized spacial score (nSPS) is 14.1. The SMILES string of the molecule is CN=C(NCCc1ccc(NC(C)=O)cc1)N1CCN(c2cccc(C)c2C)CC1.I. The van der Waals surface area contributed by atoms with Gasteiger partial charge < -0.3 is 20.4 Å². The highest BCUT2D eigenvalue weighted by Crippen LogP contribution is 2.23. The van der Waals surface area contributed by atoms with Crippen LogP contribution in [0.15, 0.2) is 47.5 Å². The standard InChI is InChI=1S/C24H33N5O.HI/c1-18-6-5-7-23(19(18)2)28-14-16-29(17-15-28)24(25-4)26-13-12-21-8-10-22(11-9-21)27-20(3)30;/h5-11H,12-17H2,1-4H3,(H,25,26)(H,27,30);1H. The molecule has 0 spiro atoms. The first kappa shape index (κ1) is 25.0. The number of anilines is 2. The van der Waals surface area contributed by atoms with E-state index in [1.165, 1.54) is 29.3 Å². The van der Waals surface area contributed by atoms with E-state index >= 15 is 0 Å². The number of benzene rings is 2. The van der Waals surface area contributed by atoms with Gasteiger partial charge in [-0.15, -0.1) is 24.0 Å². The number of aliphatic imine (C=N–C) groups is 1.